The van der Waals surface area contributed by atoms with Gasteiger partial charge in [-0.05, 0) is 43.9 Å². The van der Waals surface area contributed by atoms with Crippen LogP contribution >= 0.6 is 11.6 Å². The first-order chi connectivity index (χ1) is 9.40. The average molecular weight is 319 g/mol. The maximum atomic E-state index is 12.3. The zero-order chi connectivity index (χ0) is 14.8. The van der Waals surface area contributed by atoms with E-state index in [1.165, 1.54) is 6.07 Å². The van der Waals surface area contributed by atoms with Gasteiger partial charge in [-0.15, -0.1) is 0 Å². The summed E-state index contributed by atoms with van der Waals surface area (Å²) in [6.45, 7) is 2.63. The van der Waals surface area contributed by atoms with Crippen LogP contribution in [0.4, 0.5) is 5.69 Å². The van der Waals surface area contributed by atoms with E-state index in [1.807, 2.05) is 0 Å². The zero-order valence-corrected chi connectivity index (χ0v) is 12.9. The Morgan fingerprint density at radius 2 is 2.20 bits per heavy atom. The molecule has 1 fully saturated rings. The molecule has 0 amide bonds. The van der Waals surface area contributed by atoms with Gasteiger partial charge in [-0.3, -0.25) is 0 Å². The molecule has 20 heavy (non-hydrogen) atoms. The normalized spacial score (nSPS) is 20.0. The molecule has 3 N–H and O–H groups in total. The largest absolute Gasteiger partial charge is 0.398 e. The maximum absolute atomic E-state index is 12.3. The molecule has 1 aliphatic heterocycles. The number of nitrogens with one attached hydrogen (secondary N) is 1. The summed E-state index contributed by atoms with van der Waals surface area (Å²) in [6.07, 6.45) is 2.91. The Morgan fingerprint density at radius 1 is 1.45 bits per heavy atom. The minimum atomic E-state index is -3.63. The smallest absolute Gasteiger partial charge is 0.241 e. The summed E-state index contributed by atoms with van der Waals surface area (Å²) in [5.41, 5.74) is 6.63. The highest BCUT2D eigenvalue weighted by Crippen LogP contribution is 2.26. The van der Waals surface area contributed by atoms with Gasteiger partial charge in [0.05, 0.1) is 11.0 Å². The predicted octanol–water partition coefficient (Wildman–Crippen LogP) is 2.08. The number of benzene rings is 1. The van der Waals surface area contributed by atoms with Crippen molar-refractivity contribution in [2.75, 3.05) is 18.9 Å². The van der Waals surface area contributed by atoms with E-state index in [9.17, 15) is 8.42 Å². The molecule has 1 aromatic rings. The second-order valence-electron chi connectivity index (χ2n) is 4.96. The molecule has 5 nitrogen and oxygen atoms in total. The van der Waals surface area contributed by atoms with Gasteiger partial charge in [-0.1, -0.05) is 11.6 Å². The molecule has 112 valence electrons. The fraction of sp³-hybridized carbons (Fsp3) is 0.538. The molecule has 0 saturated carbocycles. The van der Waals surface area contributed by atoms with Crippen molar-refractivity contribution in [3.05, 3.63) is 22.7 Å². The monoisotopic (exact) mass is 318 g/mol. The molecule has 1 saturated heterocycles. The molecule has 7 heteroatoms. The Bertz CT molecular complexity index is 584. The first-order valence-corrected chi connectivity index (χ1v) is 8.43. The lowest BCUT2D eigenvalue weighted by Crippen LogP contribution is -2.35. The number of nitrogen functional groups attached to an aromatic ring is 1. The van der Waals surface area contributed by atoms with Gasteiger partial charge in [-0.2, -0.15) is 0 Å². The summed E-state index contributed by atoms with van der Waals surface area (Å²) in [4.78, 5) is 0.123. The van der Waals surface area contributed by atoms with Gasteiger partial charge in [-0.25, -0.2) is 13.1 Å². The highest BCUT2D eigenvalue weighted by atomic mass is 35.5. The molecule has 1 unspecified atom stereocenters. The first kappa shape index (κ1) is 15.6. The van der Waals surface area contributed by atoms with E-state index in [0.717, 1.165) is 19.3 Å². The molecule has 1 aliphatic rings. The van der Waals surface area contributed by atoms with Crippen LogP contribution < -0.4 is 10.5 Å². The number of nitrogens with two attached hydrogens (primary N) is 1. The van der Waals surface area contributed by atoms with E-state index in [1.54, 1.807) is 13.0 Å². The molecule has 0 spiro atoms. The molecule has 0 aromatic heterocycles. The minimum Gasteiger partial charge on any atom is -0.398 e. The summed E-state index contributed by atoms with van der Waals surface area (Å²) in [5.74, 6) is 0. The van der Waals surface area contributed by atoms with E-state index in [0.29, 0.717) is 22.9 Å². The summed E-state index contributed by atoms with van der Waals surface area (Å²) in [7, 11) is -3.63. The summed E-state index contributed by atoms with van der Waals surface area (Å²) >= 11 is 5.88. The third-order valence-electron chi connectivity index (χ3n) is 3.43. The van der Waals surface area contributed by atoms with Crippen molar-refractivity contribution in [3.63, 3.8) is 0 Å². The number of sulfonamides is 1. The summed E-state index contributed by atoms with van der Waals surface area (Å²) in [6, 6.07) is 2.96. The second kappa shape index (κ2) is 6.30. The van der Waals surface area contributed by atoms with Crippen LogP contribution in [-0.4, -0.2) is 27.7 Å². The second-order valence-corrected chi connectivity index (χ2v) is 7.13. The number of anilines is 1. The van der Waals surface area contributed by atoms with E-state index in [-0.39, 0.29) is 17.5 Å². The van der Waals surface area contributed by atoms with E-state index in [2.05, 4.69) is 4.72 Å². The van der Waals surface area contributed by atoms with Gasteiger partial charge in [0.25, 0.3) is 0 Å². The maximum Gasteiger partial charge on any atom is 0.241 e. The molecule has 1 heterocycles. The third kappa shape index (κ3) is 3.63. The van der Waals surface area contributed by atoms with Crippen LogP contribution in [0, 0.1) is 6.92 Å². The molecular weight excluding hydrogens is 300 g/mol. The first-order valence-electron chi connectivity index (χ1n) is 6.57. The fourth-order valence-electron chi connectivity index (χ4n) is 2.20. The number of rotatable bonds is 4. The van der Waals surface area contributed by atoms with E-state index < -0.39 is 10.0 Å². The highest BCUT2D eigenvalue weighted by Gasteiger charge is 2.22. The lowest BCUT2D eigenvalue weighted by Gasteiger charge is -2.23. The van der Waals surface area contributed by atoms with E-state index >= 15 is 0 Å². The standard InChI is InChI=1S/C13H19ClN2O3S/c1-9-12(15)6-10(14)7-13(9)20(17,18)16-8-11-4-2-3-5-19-11/h6-7,11,16H,2-5,8,15H2,1H3. The van der Waals surface area contributed by atoms with Gasteiger partial charge in [0, 0.05) is 23.9 Å². The lowest BCUT2D eigenvalue weighted by molar-refractivity contribution is 0.0200. The number of hydrogen-bond acceptors (Lipinski definition) is 4. The van der Waals surface area contributed by atoms with Crippen LogP contribution in [0.25, 0.3) is 0 Å². The number of halogens is 1. The molecular formula is C13H19ClN2O3S. The molecule has 0 aliphatic carbocycles. The van der Waals surface area contributed by atoms with Crippen molar-refractivity contribution in [2.45, 2.75) is 37.2 Å². The zero-order valence-electron chi connectivity index (χ0n) is 11.4. The average Bonchev–Trinajstić information content (AvgIpc) is 2.42. The van der Waals surface area contributed by atoms with Gasteiger partial charge >= 0.3 is 0 Å². The number of hydrogen-bond donors (Lipinski definition) is 2. The molecule has 0 bridgehead atoms. The highest BCUT2D eigenvalue weighted by molar-refractivity contribution is 7.89. The molecule has 2 rings (SSSR count). The third-order valence-corrected chi connectivity index (χ3v) is 5.20. The van der Waals surface area contributed by atoms with Crippen molar-refractivity contribution in [1.29, 1.82) is 0 Å². The van der Waals surface area contributed by atoms with Crippen LogP contribution in [0.1, 0.15) is 24.8 Å². The Labute approximate surface area is 124 Å². The SMILES string of the molecule is Cc1c(N)cc(Cl)cc1S(=O)(=O)NCC1CCCCO1. The Kier molecular flexibility index (Phi) is 4.90. The van der Waals surface area contributed by atoms with E-state index in [4.69, 9.17) is 22.1 Å². The Morgan fingerprint density at radius 3 is 2.85 bits per heavy atom. The van der Waals surface area contributed by atoms with Crippen molar-refractivity contribution in [2.24, 2.45) is 0 Å². The van der Waals surface area contributed by atoms with Crippen LogP contribution in [0.3, 0.4) is 0 Å². The summed E-state index contributed by atoms with van der Waals surface area (Å²) < 4.78 is 32.7. The van der Waals surface area contributed by atoms with Crippen molar-refractivity contribution in [1.82, 2.24) is 4.72 Å². The lowest BCUT2D eigenvalue weighted by atomic mass is 10.1. The Hall–Kier alpha value is -0.820. The van der Waals surface area contributed by atoms with Crippen molar-refractivity contribution < 1.29 is 13.2 Å². The quantitative estimate of drug-likeness (QED) is 0.833. The van der Waals surface area contributed by atoms with Gasteiger partial charge in [0.2, 0.25) is 10.0 Å². The molecule has 0 radical (unpaired) electrons. The topological polar surface area (TPSA) is 81.4 Å². The molecule has 1 atom stereocenters. The minimum absolute atomic E-state index is 0.0598. The van der Waals surface area contributed by atoms with Crippen LogP contribution in [0.5, 0.6) is 0 Å². The fourth-order valence-corrected chi connectivity index (χ4v) is 3.86. The van der Waals surface area contributed by atoms with Crippen molar-refractivity contribution >= 4 is 27.3 Å². The van der Waals surface area contributed by atoms with Gasteiger partial charge in [0.1, 0.15) is 0 Å². The van der Waals surface area contributed by atoms with Crippen LogP contribution in [0.2, 0.25) is 5.02 Å². The molecule has 1 aromatic carbocycles. The van der Waals surface area contributed by atoms with Crippen LogP contribution in [0.15, 0.2) is 17.0 Å². The summed E-state index contributed by atoms with van der Waals surface area (Å²) in [5, 5.41) is 0.308. The Balaban J connectivity index is 2.14. The van der Waals surface area contributed by atoms with Crippen LogP contribution in [-0.2, 0) is 14.8 Å². The van der Waals surface area contributed by atoms with Gasteiger partial charge in [0.15, 0.2) is 0 Å². The number of ether oxygens (including phenoxy) is 1. The predicted molar refractivity (Wildman–Crippen MR) is 79.4 cm³/mol. The van der Waals surface area contributed by atoms with Crippen molar-refractivity contribution in [3.8, 4) is 0 Å². The van der Waals surface area contributed by atoms with Gasteiger partial charge < -0.3 is 10.5 Å².